The van der Waals surface area contributed by atoms with E-state index in [4.69, 9.17) is 0 Å². The second-order valence-corrected chi connectivity index (χ2v) is 5.29. The third kappa shape index (κ3) is 1.77. The average Bonchev–Trinajstić information content (AvgIpc) is 2.97. The summed E-state index contributed by atoms with van der Waals surface area (Å²) < 4.78 is 2.08. The number of thioether (sulfide) groups is 1. The van der Waals surface area contributed by atoms with Crippen LogP contribution in [0.4, 0.5) is 5.82 Å². The topological polar surface area (TPSA) is 59.3 Å². The van der Waals surface area contributed by atoms with Crippen LogP contribution < -0.4 is 5.32 Å². The Kier molecular flexibility index (Phi) is 2.95. The van der Waals surface area contributed by atoms with Crippen molar-refractivity contribution >= 4 is 29.7 Å². The molecule has 0 saturated heterocycles. The van der Waals surface area contributed by atoms with Crippen molar-refractivity contribution in [1.29, 1.82) is 0 Å². The van der Waals surface area contributed by atoms with Gasteiger partial charge in [0.15, 0.2) is 5.69 Å². The van der Waals surface area contributed by atoms with Crippen LogP contribution in [0.15, 0.2) is 16.5 Å². The van der Waals surface area contributed by atoms with Crippen LogP contribution >= 0.6 is 11.8 Å². The number of nitrogens with zero attached hydrogens (tertiary/aromatic N) is 3. The monoisotopic (exact) mass is 262 g/mol. The Morgan fingerprint density at radius 2 is 2.50 bits per heavy atom. The smallest absolute Gasteiger partial charge is 0.206 e. The third-order valence-electron chi connectivity index (χ3n) is 3.08. The fraction of sp³-hybridized carbons (Fsp3) is 0.417. The molecule has 0 aliphatic carbocycles. The molecule has 0 radical (unpaired) electrons. The SMILES string of the molecule is CCn1c(C2CC=CS2)nc2c1NC=NCC2=O. The van der Waals surface area contributed by atoms with Gasteiger partial charge in [0.2, 0.25) is 5.78 Å². The number of carbonyl (C=O) groups excluding carboxylic acids is 1. The van der Waals surface area contributed by atoms with Crippen molar-refractivity contribution in [2.24, 2.45) is 4.99 Å². The molecule has 3 heterocycles. The number of hydrogen-bond donors (Lipinski definition) is 1. The molecule has 6 heteroatoms. The summed E-state index contributed by atoms with van der Waals surface area (Å²) in [4.78, 5) is 20.5. The Morgan fingerprint density at radius 1 is 1.61 bits per heavy atom. The molecule has 0 saturated carbocycles. The zero-order valence-corrected chi connectivity index (χ0v) is 10.9. The zero-order chi connectivity index (χ0) is 12.5. The van der Waals surface area contributed by atoms with E-state index in [9.17, 15) is 4.79 Å². The van der Waals surface area contributed by atoms with E-state index in [-0.39, 0.29) is 12.3 Å². The summed E-state index contributed by atoms with van der Waals surface area (Å²) in [5.74, 6) is 1.75. The zero-order valence-electron chi connectivity index (χ0n) is 10.1. The maximum Gasteiger partial charge on any atom is 0.206 e. The number of hydrogen-bond acceptors (Lipinski definition) is 5. The second kappa shape index (κ2) is 4.61. The molecule has 1 atom stereocenters. The van der Waals surface area contributed by atoms with Gasteiger partial charge in [-0.1, -0.05) is 6.08 Å². The summed E-state index contributed by atoms with van der Waals surface area (Å²) in [5, 5.41) is 5.50. The Morgan fingerprint density at radius 3 is 3.22 bits per heavy atom. The van der Waals surface area contributed by atoms with E-state index in [0.717, 1.165) is 24.6 Å². The Hall–Kier alpha value is -1.56. The number of allylic oxidation sites excluding steroid dienone is 1. The van der Waals surface area contributed by atoms with E-state index in [1.54, 1.807) is 18.1 Å². The van der Waals surface area contributed by atoms with Gasteiger partial charge in [-0.05, 0) is 18.8 Å². The largest absolute Gasteiger partial charge is 0.331 e. The lowest BCUT2D eigenvalue weighted by atomic mass is 10.3. The number of carbonyl (C=O) groups is 1. The number of anilines is 1. The number of imidazole rings is 1. The molecule has 0 fully saturated rings. The van der Waals surface area contributed by atoms with E-state index in [2.05, 4.69) is 38.3 Å². The molecule has 1 N–H and O–H groups in total. The van der Waals surface area contributed by atoms with Crippen molar-refractivity contribution in [2.45, 2.75) is 25.1 Å². The number of aromatic nitrogens is 2. The molecule has 1 aromatic rings. The molecule has 1 aromatic heterocycles. The number of aliphatic imine (C=N–C) groups is 1. The first kappa shape index (κ1) is 11.5. The lowest BCUT2D eigenvalue weighted by molar-refractivity contribution is 0.0999. The summed E-state index contributed by atoms with van der Waals surface area (Å²) in [6.07, 6.45) is 4.70. The first-order valence-electron chi connectivity index (χ1n) is 6.00. The van der Waals surface area contributed by atoms with Crippen LogP contribution in [0.1, 0.15) is 34.9 Å². The van der Waals surface area contributed by atoms with Crippen molar-refractivity contribution in [3.63, 3.8) is 0 Å². The van der Waals surface area contributed by atoms with Gasteiger partial charge < -0.3 is 9.88 Å². The summed E-state index contributed by atoms with van der Waals surface area (Å²) in [6, 6.07) is 0. The highest BCUT2D eigenvalue weighted by molar-refractivity contribution is 8.02. The van der Waals surface area contributed by atoms with Crippen LogP contribution in [0, 0.1) is 0 Å². The molecular weight excluding hydrogens is 248 g/mol. The van der Waals surface area contributed by atoms with Crippen LogP contribution in [0.3, 0.4) is 0 Å². The average molecular weight is 262 g/mol. The highest BCUT2D eigenvalue weighted by Gasteiger charge is 2.27. The minimum absolute atomic E-state index is 0.0179. The summed E-state index contributed by atoms with van der Waals surface area (Å²) in [6.45, 7) is 3.03. The molecule has 18 heavy (non-hydrogen) atoms. The molecule has 3 rings (SSSR count). The van der Waals surface area contributed by atoms with E-state index >= 15 is 0 Å². The molecular formula is C12H14N4OS. The highest BCUT2D eigenvalue weighted by atomic mass is 32.2. The quantitative estimate of drug-likeness (QED) is 0.888. The molecule has 94 valence electrons. The molecule has 1 unspecified atom stereocenters. The number of Topliss-reactive ketones (excluding diaryl/α,β-unsaturated/α-hetero) is 1. The first-order valence-corrected chi connectivity index (χ1v) is 6.94. The number of fused-ring (bicyclic) bond motifs is 1. The number of ketones is 1. The summed E-state index contributed by atoms with van der Waals surface area (Å²) in [5.41, 5.74) is 0.525. The minimum Gasteiger partial charge on any atom is -0.331 e. The normalized spacial score (nSPS) is 21.8. The van der Waals surface area contributed by atoms with Gasteiger partial charge >= 0.3 is 0 Å². The maximum absolute atomic E-state index is 11.9. The fourth-order valence-corrected chi connectivity index (χ4v) is 3.17. The van der Waals surface area contributed by atoms with Gasteiger partial charge in [-0.3, -0.25) is 9.79 Å². The van der Waals surface area contributed by atoms with Crippen molar-refractivity contribution in [3.05, 3.63) is 23.0 Å². The predicted octanol–water partition coefficient (Wildman–Crippen LogP) is 2.23. The number of rotatable bonds is 2. The van der Waals surface area contributed by atoms with Crippen LogP contribution in [0.2, 0.25) is 0 Å². The molecule has 0 bridgehead atoms. The van der Waals surface area contributed by atoms with Crippen LogP contribution in [-0.2, 0) is 6.54 Å². The first-order chi connectivity index (χ1) is 8.81. The second-order valence-electron chi connectivity index (χ2n) is 4.18. The molecule has 0 aromatic carbocycles. The minimum atomic E-state index is -0.0179. The predicted molar refractivity (Wildman–Crippen MR) is 73.3 cm³/mol. The maximum atomic E-state index is 11.9. The van der Waals surface area contributed by atoms with Crippen LogP contribution in [0.5, 0.6) is 0 Å². The van der Waals surface area contributed by atoms with Crippen LogP contribution in [0.25, 0.3) is 0 Å². The van der Waals surface area contributed by atoms with E-state index in [0.29, 0.717) is 10.9 Å². The molecule has 0 spiro atoms. The van der Waals surface area contributed by atoms with Crippen molar-refractivity contribution < 1.29 is 4.79 Å². The van der Waals surface area contributed by atoms with E-state index < -0.39 is 0 Å². The van der Waals surface area contributed by atoms with Gasteiger partial charge in [-0.2, -0.15) is 0 Å². The molecule has 0 amide bonds. The lowest BCUT2D eigenvalue weighted by Crippen LogP contribution is -2.08. The highest BCUT2D eigenvalue weighted by Crippen LogP contribution is 2.39. The van der Waals surface area contributed by atoms with Gasteiger partial charge in [0.05, 0.1) is 11.6 Å². The molecule has 2 aliphatic heterocycles. The van der Waals surface area contributed by atoms with Crippen molar-refractivity contribution in [1.82, 2.24) is 9.55 Å². The standard InChI is InChI=1S/C12H14N4OS/c1-2-16-11(9-4-3-5-18-9)15-10-8(17)6-13-7-14-12(10)16/h3,5,7,9H,2,4,6H2,1H3,(H,13,14). The van der Waals surface area contributed by atoms with Gasteiger partial charge in [0.1, 0.15) is 18.2 Å². The van der Waals surface area contributed by atoms with Crippen molar-refractivity contribution in [3.8, 4) is 0 Å². The summed E-state index contributed by atoms with van der Waals surface area (Å²) >= 11 is 1.76. The van der Waals surface area contributed by atoms with E-state index in [1.165, 1.54) is 0 Å². The van der Waals surface area contributed by atoms with Crippen LogP contribution in [-0.4, -0.2) is 28.2 Å². The van der Waals surface area contributed by atoms with Gasteiger partial charge in [-0.15, -0.1) is 11.8 Å². The third-order valence-corrected chi connectivity index (χ3v) is 4.16. The van der Waals surface area contributed by atoms with Crippen molar-refractivity contribution in [2.75, 3.05) is 11.9 Å². The lowest BCUT2D eigenvalue weighted by Gasteiger charge is -2.12. The van der Waals surface area contributed by atoms with Gasteiger partial charge in [-0.25, -0.2) is 4.98 Å². The van der Waals surface area contributed by atoms with Gasteiger partial charge in [0.25, 0.3) is 0 Å². The summed E-state index contributed by atoms with van der Waals surface area (Å²) in [7, 11) is 0. The molecule has 2 aliphatic rings. The Balaban J connectivity index is 2.08. The Labute approximate surface area is 109 Å². The number of nitrogens with one attached hydrogen (secondary N) is 1. The van der Waals surface area contributed by atoms with Gasteiger partial charge in [0, 0.05) is 6.54 Å². The molecule has 5 nitrogen and oxygen atoms in total. The van der Waals surface area contributed by atoms with E-state index in [1.807, 2.05) is 0 Å². The fourth-order valence-electron chi connectivity index (χ4n) is 2.24. The Bertz CT molecular complexity index is 539.